The molecule has 0 bridgehead atoms. The average Bonchev–Trinajstić information content (AvgIpc) is 3.17. The van der Waals surface area contributed by atoms with Gasteiger partial charge in [-0.05, 0) is 45.0 Å². The molecular formula is C20H21N5O3. The Morgan fingerprint density at radius 2 is 1.79 bits per heavy atom. The number of hydrogen-bond acceptors (Lipinski definition) is 4. The van der Waals surface area contributed by atoms with Crippen LogP contribution < -0.4 is 11.2 Å². The molecule has 0 saturated heterocycles. The molecule has 0 atom stereocenters. The number of phenols is 1. The number of allylic oxidation sites excluding steroid dienone is 2. The minimum absolute atomic E-state index is 0.170. The maximum absolute atomic E-state index is 13.1. The fourth-order valence-electron chi connectivity index (χ4n) is 3.53. The molecule has 0 saturated carbocycles. The second-order valence-electron chi connectivity index (χ2n) is 6.77. The van der Waals surface area contributed by atoms with Crippen molar-refractivity contribution in [3.8, 4) is 11.4 Å². The van der Waals surface area contributed by atoms with Gasteiger partial charge in [0.1, 0.15) is 5.75 Å². The van der Waals surface area contributed by atoms with Crippen LogP contribution in [0.5, 0.6) is 5.75 Å². The maximum atomic E-state index is 13.1. The van der Waals surface area contributed by atoms with E-state index < -0.39 is 5.69 Å². The van der Waals surface area contributed by atoms with E-state index >= 15 is 0 Å². The van der Waals surface area contributed by atoms with Gasteiger partial charge < -0.3 is 5.11 Å². The molecule has 4 aromatic rings. The lowest BCUT2D eigenvalue weighted by Gasteiger charge is -2.07. The van der Waals surface area contributed by atoms with Crippen LogP contribution in [0.3, 0.4) is 0 Å². The highest BCUT2D eigenvalue weighted by atomic mass is 16.3. The van der Waals surface area contributed by atoms with Crippen molar-refractivity contribution in [1.82, 2.24) is 23.1 Å². The monoisotopic (exact) mass is 379 g/mol. The first-order valence-corrected chi connectivity index (χ1v) is 8.97. The molecule has 8 heteroatoms. The third-order valence-corrected chi connectivity index (χ3v) is 5.15. The summed E-state index contributed by atoms with van der Waals surface area (Å²) in [6.45, 7) is 5.92. The van der Waals surface area contributed by atoms with E-state index in [1.54, 1.807) is 47.9 Å². The van der Waals surface area contributed by atoms with Crippen LogP contribution >= 0.6 is 0 Å². The highest BCUT2D eigenvalue weighted by Crippen LogP contribution is 2.25. The molecule has 8 nitrogen and oxygen atoms in total. The van der Waals surface area contributed by atoms with Gasteiger partial charge in [0, 0.05) is 30.7 Å². The molecule has 0 unspecified atom stereocenters. The number of fused-ring (bicyclic) bond motifs is 3. The van der Waals surface area contributed by atoms with Crippen LogP contribution in [0, 0.1) is 13.8 Å². The Bertz CT molecular complexity index is 1360. The van der Waals surface area contributed by atoms with E-state index in [1.165, 1.54) is 9.13 Å². The number of aryl methyl sites for hydroxylation is 2. The van der Waals surface area contributed by atoms with Crippen LogP contribution in [-0.2, 0) is 13.6 Å². The molecule has 4 rings (SSSR count). The van der Waals surface area contributed by atoms with Gasteiger partial charge in [-0.25, -0.2) is 4.79 Å². The van der Waals surface area contributed by atoms with Crippen LogP contribution in [-0.4, -0.2) is 28.2 Å². The molecule has 0 radical (unpaired) electrons. The average molecular weight is 379 g/mol. The molecule has 0 aliphatic heterocycles. The van der Waals surface area contributed by atoms with E-state index in [2.05, 4.69) is 4.98 Å². The van der Waals surface area contributed by atoms with Gasteiger partial charge >= 0.3 is 5.69 Å². The zero-order chi connectivity index (χ0) is 20.2. The molecule has 3 heterocycles. The summed E-state index contributed by atoms with van der Waals surface area (Å²) in [6.07, 6.45) is 3.57. The van der Waals surface area contributed by atoms with E-state index in [4.69, 9.17) is 0 Å². The third kappa shape index (κ3) is 2.34. The Morgan fingerprint density at radius 3 is 2.43 bits per heavy atom. The van der Waals surface area contributed by atoms with Gasteiger partial charge in [0.25, 0.3) is 5.56 Å². The molecule has 0 amide bonds. The summed E-state index contributed by atoms with van der Waals surface area (Å²) in [4.78, 5) is 30.4. The summed E-state index contributed by atoms with van der Waals surface area (Å²) in [5.74, 6) is 0.718. The van der Waals surface area contributed by atoms with Crippen LogP contribution in [0.25, 0.3) is 22.6 Å². The lowest BCUT2D eigenvalue weighted by molar-refractivity contribution is 0.475. The zero-order valence-corrected chi connectivity index (χ0v) is 16.2. The summed E-state index contributed by atoms with van der Waals surface area (Å²) in [5.41, 5.74) is 2.54. The van der Waals surface area contributed by atoms with Crippen molar-refractivity contribution in [1.29, 1.82) is 0 Å². The molecular weight excluding hydrogens is 358 g/mol. The van der Waals surface area contributed by atoms with Crippen molar-refractivity contribution in [2.75, 3.05) is 0 Å². The molecule has 0 fully saturated rings. The molecule has 0 spiro atoms. The fraction of sp³-hybridized carbons (Fsp3) is 0.250. The molecule has 1 N–H and O–H groups in total. The summed E-state index contributed by atoms with van der Waals surface area (Å²) in [7, 11) is 1.62. The van der Waals surface area contributed by atoms with Crippen LogP contribution in [0.1, 0.15) is 18.3 Å². The summed E-state index contributed by atoms with van der Waals surface area (Å²) >= 11 is 0. The largest absolute Gasteiger partial charge is 0.508 e. The van der Waals surface area contributed by atoms with Crippen LogP contribution in [0.15, 0.2) is 46.0 Å². The minimum Gasteiger partial charge on any atom is -0.508 e. The topological polar surface area (TPSA) is 86.5 Å². The Labute approximate surface area is 160 Å². The molecule has 28 heavy (non-hydrogen) atoms. The number of aromatic nitrogens is 5. The first-order chi connectivity index (χ1) is 13.4. The first-order valence-electron chi connectivity index (χ1n) is 8.97. The first kappa shape index (κ1) is 17.8. The Kier molecular flexibility index (Phi) is 3.99. The summed E-state index contributed by atoms with van der Waals surface area (Å²) < 4.78 is 6.33. The number of rotatable bonds is 3. The molecule has 0 aliphatic rings. The van der Waals surface area contributed by atoms with E-state index in [1.807, 2.05) is 25.3 Å². The standard InChI is InChI=1S/C20H21N5O3/c1-5-6-11-23-18(27)16-17(22(4)20(23)28)21-19-24(12(2)13(3)25(16)19)14-7-9-15(26)10-8-14/h5-10,26H,11H2,1-4H3. The van der Waals surface area contributed by atoms with E-state index in [-0.39, 0.29) is 17.9 Å². The highest BCUT2D eigenvalue weighted by molar-refractivity contribution is 5.77. The van der Waals surface area contributed by atoms with Gasteiger partial charge in [0.15, 0.2) is 11.2 Å². The number of benzene rings is 1. The predicted molar refractivity (Wildman–Crippen MR) is 107 cm³/mol. The van der Waals surface area contributed by atoms with Gasteiger partial charge in [0.05, 0.1) is 0 Å². The number of imidazole rings is 2. The molecule has 144 valence electrons. The normalized spacial score (nSPS) is 12.0. The number of hydrogen-bond donors (Lipinski definition) is 1. The summed E-state index contributed by atoms with van der Waals surface area (Å²) in [6, 6.07) is 6.76. The number of phenolic OH excluding ortho intramolecular Hbond substituents is 1. The number of nitrogens with zero attached hydrogens (tertiary/aromatic N) is 5. The Morgan fingerprint density at radius 1 is 1.11 bits per heavy atom. The van der Waals surface area contributed by atoms with Gasteiger partial charge in [-0.1, -0.05) is 12.2 Å². The van der Waals surface area contributed by atoms with Crippen LogP contribution in [0.2, 0.25) is 0 Å². The quantitative estimate of drug-likeness (QED) is 0.552. The molecule has 0 aliphatic carbocycles. The Balaban J connectivity index is 2.16. The third-order valence-electron chi connectivity index (χ3n) is 5.15. The Hall–Kier alpha value is -3.55. The van der Waals surface area contributed by atoms with E-state index in [0.717, 1.165) is 17.1 Å². The second-order valence-corrected chi connectivity index (χ2v) is 6.77. The molecule has 1 aromatic carbocycles. The van der Waals surface area contributed by atoms with Gasteiger partial charge in [-0.3, -0.25) is 22.9 Å². The van der Waals surface area contributed by atoms with Crippen LogP contribution in [0.4, 0.5) is 0 Å². The van der Waals surface area contributed by atoms with E-state index in [0.29, 0.717) is 16.9 Å². The van der Waals surface area contributed by atoms with Crippen molar-refractivity contribution in [2.24, 2.45) is 7.05 Å². The SMILES string of the molecule is CC=CCn1c(=O)c2c(nc3n(-c4ccc(O)cc4)c(C)c(C)n23)n(C)c1=O. The van der Waals surface area contributed by atoms with E-state index in [9.17, 15) is 14.7 Å². The van der Waals surface area contributed by atoms with Crippen molar-refractivity contribution in [3.63, 3.8) is 0 Å². The summed E-state index contributed by atoms with van der Waals surface area (Å²) in [5, 5.41) is 9.59. The highest BCUT2D eigenvalue weighted by Gasteiger charge is 2.22. The van der Waals surface area contributed by atoms with Crippen molar-refractivity contribution in [3.05, 3.63) is 68.6 Å². The lowest BCUT2D eigenvalue weighted by atomic mass is 10.3. The van der Waals surface area contributed by atoms with Gasteiger partial charge in [-0.15, -0.1) is 0 Å². The van der Waals surface area contributed by atoms with Crippen molar-refractivity contribution < 1.29 is 5.11 Å². The maximum Gasteiger partial charge on any atom is 0.332 e. The predicted octanol–water partition coefficient (Wildman–Crippen LogP) is 2.04. The van der Waals surface area contributed by atoms with Crippen molar-refractivity contribution >= 4 is 16.9 Å². The smallest absolute Gasteiger partial charge is 0.332 e. The van der Waals surface area contributed by atoms with Gasteiger partial charge in [-0.2, -0.15) is 4.98 Å². The number of aromatic hydroxyl groups is 1. The lowest BCUT2D eigenvalue weighted by Crippen LogP contribution is -2.39. The molecule has 3 aromatic heterocycles. The second kappa shape index (κ2) is 6.26. The fourth-order valence-corrected chi connectivity index (χ4v) is 3.53. The minimum atomic E-state index is -0.401. The van der Waals surface area contributed by atoms with Gasteiger partial charge in [0.2, 0.25) is 5.78 Å². The zero-order valence-electron chi connectivity index (χ0n) is 16.2. The van der Waals surface area contributed by atoms with Crippen molar-refractivity contribution in [2.45, 2.75) is 27.3 Å².